The highest BCUT2D eigenvalue weighted by Gasteiger charge is 2.36. The molecule has 0 heterocycles. The van der Waals surface area contributed by atoms with Gasteiger partial charge in [-0.2, -0.15) is 0 Å². The fourth-order valence-electron chi connectivity index (χ4n) is 5.85. The summed E-state index contributed by atoms with van der Waals surface area (Å²) in [5.41, 5.74) is 1.47. The van der Waals surface area contributed by atoms with Crippen LogP contribution in [0.1, 0.15) is 80.0 Å². The van der Waals surface area contributed by atoms with Crippen LogP contribution < -0.4 is 0 Å². The molecule has 0 bridgehead atoms. The molecule has 3 heteroatoms. The monoisotopic (exact) mass is 462 g/mol. The quantitative estimate of drug-likeness (QED) is 0.309. The van der Waals surface area contributed by atoms with Crippen LogP contribution in [0.5, 0.6) is 0 Å². The summed E-state index contributed by atoms with van der Waals surface area (Å²) < 4.78 is 44.4. The van der Waals surface area contributed by atoms with E-state index in [2.05, 4.69) is 37.5 Å². The van der Waals surface area contributed by atoms with E-state index in [1.807, 2.05) is 0 Å². The summed E-state index contributed by atoms with van der Waals surface area (Å²) in [6.07, 6.45) is 14.2. The van der Waals surface area contributed by atoms with E-state index in [9.17, 15) is 8.78 Å². The molecule has 2 aliphatic rings. The van der Waals surface area contributed by atoms with E-state index in [4.69, 9.17) is 0 Å². The highest BCUT2D eigenvalue weighted by atomic mass is 19.2. The largest absolute Gasteiger partial charge is 0.206 e. The van der Waals surface area contributed by atoms with Gasteiger partial charge in [0.15, 0.2) is 11.6 Å². The minimum atomic E-state index is -0.924. The molecular weight excluding hydrogens is 429 g/mol. The number of aryl methyl sites for hydroxylation is 1. The van der Waals surface area contributed by atoms with E-state index in [0.717, 1.165) is 31.2 Å². The topological polar surface area (TPSA) is 0 Å². The zero-order chi connectivity index (χ0) is 24.1. The second-order valence-electron chi connectivity index (χ2n) is 9.85. The first-order chi connectivity index (χ1) is 16.5. The smallest absolute Gasteiger partial charge is 0.174 e. The number of allylic oxidation sites excluding steroid dienone is 3. The van der Waals surface area contributed by atoms with Crippen molar-refractivity contribution in [2.24, 2.45) is 17.8 Å². The molecule has 178 valence electrons. The van der Waals surface area contributed by atoms with Crippen LogP contribution in [0.3, 0.4) is 0 Å². The SMILES string of the molecule is C=CCCc1ccc(C#Cc2ccc(C3CCC4CC(/C=C/C)CCC4C3)c(F)c2F)c(F)c1. The highest BCUT2D eigenvalue weighted by Crippen LogP contribution is 2.48. The molecule has 0 N–H and O–H groups in total. The van der Waals surface area contributed by atoms with E-state index in [0.29, 0.717) is 29.7 Å². The molecule has 0 radical (unpaired) electrons. The molecule has 2 saturated carbocycles. The van der Waals surface area contributed by atoms with Crippen molar-refractivity contribution < 1.29 is 13.2 Å². The number of hydrogen-bond acceptors (Lipinski definition) is 0. The molecule has 0 nitrogen and oxygen atoms in total. The number of rotatable bonds is 5. The predicted molar refractivity (Wildman–Crippen MR) is 133 cm³/mol. The zero-order valence-electron chi connectivity index (χ0n) is 19.9. The average molecular weight is 463 g/mol. The first-order valence-corrected chi connectivity index (χ1v) is 12.5. The number of benzene rings is 2. The van der Waals surface area contributed by atoms with Crippen molar-refractivity contribution in [2.75, 3.05) is 0 Å². The number of halogens is 3. The minimum Gasteiger partial charge on any atom is -0.206 e. The van der Waals surface area contributed by atoms with Crippen LogP contribution in [0, 0.1) is 47.0 Å². The molecule has 4 atom stereocenters. The molecule has 2 fully saturated rings. The van der Waals surface area contributed by atoms with Gasteiger partial charge in [-0.15, -0.1) is 6.58 Å². The lowest BCUT2D eigenvalue weighted by Crippen LogP contribution is -2.30. The first-order valence-electron chi connectivity index (χ1n) is 12.5. The molecule has 4 unspecified atom stereocenters. The van der Waals surface area contributed by atoms with Crippen LogP contribution in [0.4, 0.5) is 13.2 Å². The van der Waals surface area contributed by atoms with E-state index in [-0.39, 0.29) is 17.0 Å². The maximum absolute atomic E-state index is 15.1. The Labute approximate surface area is 202 Å². The van der Waals surface area contributed by atoms with Gasteiger partial charge in [-0.1, -0.05) is 42.2 Å². The number of hydrogen-bond donors (Lipinski definition) is 0. The third kappa shape index (κ3) is 5.49. The summed E-state index contributed by atoms with van der Waals surface area (Å²) in [7, 11) is 0. The Morgan fingerprint density at radius 3 is 2.41 bits per heavy atom. The van der Waals surface area contributed by atoms with Crippen LogP contribution >= 0.6 is 0 Å². The lowest BCUT2D eigenvalue weighted by molar-refractivity contribution is 0.132. The van der Waals surface area contributed by atoms with Crippen molar-refractivity contribution >= 4 is 0 Å². The Bertz CT molecular complexity index is 1120. The highest BCUT2D eigenvalue weighted by molar-refractivity contribution is 5.46. The maximum atomic E-state index is 15.1. The van der Waals surface area contributed by atoms with Crippen molar-refractivity contribution in [3.63, 3.8) is 0 Å². The molecule has 34 heavy (non-hydrogen) atoms. The van der Waals surface area contributed by atoms with Gasteiger partial charge < -0.3 is 0 Å². The van der Waals surface area contributed by atoms with Gasteiger partial charge >= 0.3 is 0 Å². The summed E-state index contributed by atoms with van der Waals surface area (Å²) in [5.74, 6) is 5.16. The van der Waals surface area contributed by atoms with Crippen LogP contribution in [0.2, 0.25) is 0 Å². The zero-order valence-corrected chi connectivity index (χ0v) is 19.9. The second kappa shape index (κ2) is 11.1. The maximum Gasteiger partial charge on any atom is 0.174 e. The lowest BCUT2D eigenvalue weighted by atomic mass is 9.64. The fourth-order valence-corrected chi connectivity index (χ4v) is 5.85. The number of fused-ring (bicyclic) bond motifs is 1. The Hall–Kier alpha value is -2.73. The van der Waals surface area contributed by atoms with Gasteiger partial charge in [-0.05, 0) is 111 Å². The van der Waals surface area contributed by atoms with Gasteiger partial charge in [0, 0.05) is 0 Å². The van der Waals surface area contributed by atoms with Crippen molar-refractivity contribution in [3.05, 3.63) is 94.8 Å². The molecule has 4 rings (SSSR count). The van der Waals surface area contributed by atoms with E-state index in [1.165, 1.54) is 25.3 Å². The van der Waals surface area contributed by atoms with Gasteiger partial charge in [0.05, 0.1) is 11.1 Å². The van der Waals surface area contributed by atoms with Crippen LogP contribution in [-0.2, 0) is 6.42 Å². The molecular formula is C31H33F3. The Morgan fingerprint density at radius 1 is 0.912 bits per heavy atom. The third-order valence-corrected chi connectivity index (χ3v) is 7.67. The van der Waals surface area contributed by atoms with E-state index in [1.54, 1.807) is 30.3 Å². The van der Waals surface area contributed by atoms with Gasteiger partial charge in [0.1, 0.15) is 5.82 Å². The fraction of sp³-hybridized carbons (Fsp3) is 0.419. The summed E-state index contributed by atoms with van der Waals surface area (Å²) in [4.78, 5) is 0. The molecule has 2 aromatic carbocycles. The van der Waals surface area contributed by atoms with E-state index >= 15 is 4.39 Å². The molecule has 2 aliphatic carbocycles. The molecule has 0 aliphatic heterocycles. The Kier molecular flexibility index (Phi) is 7.99. The van der Waals surface area contributed by atoms with Crippen molar-refractivity contribution in [2.45, 2.75) is 64.2 Å². The van der Waals surface area contributed by atoms with Crippen molar-refractivity contribution in [1.82, 2.24) is 0 Å². The molecule has 0 amide bonds. The van der Waals surface area contributed by atoms with Gasteiger partial charge in [-0.3, -0.25) is 0 Å². The molecule has 0 aromatic heterocycles. The average Bonchev–Trinajstić information content (AvgIpc) is 2.84. The second-order valence-corrected chi connectivity index (χ2v) is 9.85. The van der Waals surface area contributed by atoms with Gasteiger partial charge in [0.2, 0.25) is 0 Å². The molecule has 2 aromatic rings. The summed E-state index contributed by atoms with van der Waals surface area (Å²) >= 11 is 0. The first kappa shape index (κ1) is 24.4. The molecule has 0 spiro atoms. The Balaban J connectivity index is 1.47. The lowest BCUT2D eigenvalue weighted by Gasteiger charge is -2.41. The van der Waals surface area contributed by atoms with Gasteiger partial charge in [-0.25, -0.2) is 13.2 Å². The van der Waals surface area contributed by atoms with Gasteiger partial charge in [0.25, 0.3) is 0 Å². The van der Waals surface area contributed by atoms with Crippen LogP contribution in [0.25, 0.3) is 0 Å². The summed E-state index contributed by atoms with van der Waals surface area (Å²) in [5, 5.41) is 0. The normalized spacial score (nSPS) is 24.4. The standard InChI is InChI=1S/C31H33F3/c1-3-5-7-22-8-10-23(29(32)19-22)12-13-24-16-17-28(31(34)30(24)33)27-15-14-25-18-21(6-4-2)9-11-26(25)20-27/h3-4,6,8,10,16-17,19,21,25-27H,1,5,7,9,11,14-15,18,20H2,2H3/b6-4+. The van der Waals surface area contributed by atoms with E-state index < -0.39 is 17.5 Å². The summed E-state index contributed by atoms with van der Waals surface area (Å²) in [6, 6.07) is 8.07. The summed E-state index contributed by atoms with van der Waals surface area (Å²) in [6.45, 7) is 5.75. The van der Waals surface area contributed by atoms with Crippen LogP contribution in [-0.4, -0.2) is 0 Å². The van der Waals surface area contributed by atoms with Crippen molar-refractivity contribution in [1.29, 1.82) is 0 Å². The van der Waals surface area contributed by atoms with Crippen molar-refractivity contribution in [3.8, 4) is 11.8 Å². The third-order valence-electron chi connectivity index (χ3n) is 7.67. The predicted octanol–water partition coefficient (Wildman–Crippen LogP) is 8.50. The minimum absolute atomic E-state index is 0.0306. The Morgan fingerprint density at radius 2 is 1.65 bits per heavy atom. The van der Waals surface area contributed by atoms with Crippen LogP contribution in [0.15, 0.2) is 55.1 Å². The molecule has 0 saturated heterocycles.